The van der Waals surface area contributed by atoms with Crippen LogP contribution >= 0.6 is 0 Å². The molecule has 8 heteroatoms. The average Bonchev–Trinajstić information content (AvgIpc) is 2.56. The Morgan fingerprint density at radius 2 is 1.77 bits per heavy atom. The number of alkyl halides is 3. The van der Waals surface area contributed by atoms with E-state index in [1.165, 1.54) is 6.07 Å². The molecule has 0 fully saturated rings. The van der Waals surface area contributed by atoms with E-state index in [2.05, 4.69) is 12.0 Å². The highest BCUT2D eigenvalue weighted by atomic mass is 19.4. The second kappa shape index (κ2) is 6.33. The number of halogens is 4. The van der Waals surface area contributed by atoms with E-state index in [4.69, 9.17) is 10.5 Å². The summed E-state index contributed by atoms with van der Waals surface area (Å²) >= 11 is 0. The molecule has 0 amide bonds. The van der Waals surface area contributed by atoms with Crippen molar-refractivity contribution in [3.05, 3.63) is 41.2 Å². The number of nitrogens with two attached hydrogens (primary N) is 1. The SMILES string of the molecule is NC#C[C@H]1CCc2cc(F)cc(-c3cc(O)c(O)cc3C(F)(F)F)c2O1. The zero-order chi connectivity index (χ0) is 19.1. The number of ether oxygens (including phenoxy) is 1. The summed E-state index contributed by atoms with van der Waals surface area (Å²) in [7, 11) is 0. The summed E-state index contributed by atoms with van der Waals surface area (Å²) in [6.45, 7) is 0. The molecule has 136 valence electrons. The maximum absolute atomic E-state index is 14.0. The molecule has 1 aliphatic rings. The number of rotatable bonds is 1. The van der Waals surface area contributed by atoms with E-state index in [1.807, 2.05) is 0 Å². The molecule has 1 heterocycles. The summed E-state index contributed by atoms with van der Waals surface area (Å²) < 4.78 is 59.8. The summed E-state index contributed by atoms with van der Waals surface area (Å²) in [5.74, 6) is 0.188. The molecular formula is C18H13F4NO3. The van der Waals surface area contributed by atoms with E-state index in [9.17, 15) is 27.8 Å². The van der Waals surface area contributed by atoms with E-state index >= 15 is 0 Å². The van der Waals surface area contributed by atoms with Crippen LogP contribution in [0.4, 0.5) is 17.6 Å². The van der Waals surface area contributed by atoms with Crippen LogP contribution in [0.3, 0.4) is 0 Å². The van der Waals surface area contributed by atoms with Crippen LogP contribution < -0.4 is 10.5 Å². The number of phenolic OH excluding ortho intramolecular Hbond substituents is 2. The van der Waals surface area contributed by atoms with Gasteiger partial charge in [0, 0.05) is 23.6 Å². The molecule has 2 aromatic rings. The van der Waals surface area contributed by atoms with Crippen LogP contribution in [0.1, 0.15) is 17.5 Å². The Morgan fingerprint density at radius 1 is 1.08 bits per heavy atom. The maximum atomic E-state index is 14.0. The molecule has 0 unspecified atom stereocenters. The van der Waals surface area contributed by atoms with Gasteiger partial charge in [-0.2, -0.15) is 13.2 Å². The minimum absolute atomic E-state index is 0.0426. The van der Waals surface area contributed by atoms with Crippen LogP contribution in [0.25, 0.3) is 11.1 Å². The Labute approximate surface area is 145 Å². The lowest BCUT2D eigenvalue weighted by Gasteiger charge is -2.26. The Hall–Kier alpha value is -3.08. The molecule has 0 bridgehead atoms. The van der Waals surface area contributed by atoms with Crippen LogP contribution in [0, 0.1) is 17.8 Å². The lowest BCUT2D eigenvalue weighted by Crippen LogP contribution is -2.22. The highest BCUT2D eigenvalue weighted by Crippen LogP contribution is 2.47. The molecule has 0 saturated heterocycles. The predicted molar refractivity (Wildman–Crippen MR) is 84.9 cm³/mol. The molecule has 4 nitrogen and oxygen atoms in total. The smallest absolute Gasteiger partial charge is 0.417 e. The third kappa shape index (κ3) is 3.20. The molecule has 0 spiro atoms. The first-order valence-electron chi connectivity index (χ1n) is 7.54. The number of aromatic hydroxyl groups is 2. The molecule has 0 aromatic heterocycles. The van der Waals surface area contributed by atoms with Crippen molar-refractivity contribution in [2.45, 2.75) is 25.1 Å². The number of hydrogen-bond donors (Lipinski definition) is 3. The van der Waals surface area contributed by atoms with Crippen molar-refractivity contribution in [2.24, 2.45) is 5.73 Å². The molecule has 4 N–H and O–H groups in total. The van der Waals surface area contributed by atoms with E-state index in [0.717, 1.165) is 12.1 Å². The Bertz CT molecular complexity index is 929. The zero-order valence-corrected chi connectivity index (χ0v) is 13.2. The Kier molecular flexibility index (Phi) is 4.32. The first-order valence-corrected chi connectivity index (χ1v) is 7.54. The Balaban J connectivity index is 2.27. The van der Waals surface area contributed by atoms with Gasteiger partial charge in [0.15, 0.2) is 17.6 Å². The fraction of sp³-hybridized carbons (Fsp3) is 0.222. The van der Waals surface area contributed by atoms with Gasteiger partial charge < -0.3 is 20.7 Å². The van der Waals surface area contributed by atoms with Crippen LogP contribution in [-0.2, 0) is 12.6 Å². The lowest BCUT2D eigenvalue weighted by molar-refractivity contribution is -0.137. The van der Waals surface area contributed by atoms with Crippen LogP contribution in [0.5, 0.6) is 17.2 Å². The third-order valence-electron chi connectivity index (χ3n) is 4.02. The van der Waals surface area contributed by atoms with Gasteiger partial charge in [0.1, 0.15) is 11.6 Å². The molecule has 0 saturated carbocycles. The molecule has 26 heavy (non-hydrogen) atoms. The van der Waals surface area contributed by atoms with Crippen LogP contribution in [-0.4, -0.2) is 16.3 Å². The second-order valence-corrected chi connectivity index (χ2v) is 5.76. The van der Waals surface area contributed by atoms with Gasteiger partial charge in [-0.05, 0) is 42.2 Å². The summed E-state index contributed by atoms with van der Waals surface area (Å²) in [5, 5.41) is 19.1. The van der Waals surface area contributed by atoms with Gasteiger partial charge in [-0.3, -0.25) is 0 Å². The van der Waals surface area contributed by atoms with Crippen LogP contribution in [0.15, 0.2) is 24.3 Å². The second-order valence-electron chi connectivity index (χ2n) is 5.76. The standard InChI is InChI=1S/C18H13F4NO3/c19-10-5-9-1-2-11(3-4-23)26-17(9)13(6-10)12-7-15(24)16(25)8-14(12)18(20,21)22/h5-8,11,24-25H,1-2,23H2/t11-/m1/s1. The quantitative estimate of drug-likeness (QED) is 0.312. The summed E-state index contributed by atoms with van der Waals surface area (Å²) in [6, 6.07) is 5.38. The van der Waals surface area contributed by atoms with Gasteiger partial charge in [0.2, 0.25) is 0 Å². The molecule has 3 rings (SSSR count). The van der Waals surface area contributed by atoms with Gasteiger partial charge in [0.25, 0.3) is 0 Å². The van der Waals surface area contributed by atoms with Crippen molar-refractivity contribution in [2.75, 3.05) is 0 Å². The number of hydrogen-bond acceptors (Lipinski definition) is 4. The van der Waals surface area contributed by atoms with Crippen molar-refractivity contribution < 1.29 is 32.5 Å². The first kappa shape index (κ1) is 17.7. The van der Waals surface area contributed by atoms with Gasteiger partial charge in [-0.1, -0.05) is 0 Å². The lowest BCUT2D eigenvalue weighted by atomic mass is 9.92. The van der Waals surface area contributed by atoms with Gasteiger partial charge in [0.05, 0.1) is 5.56 Å². The monoisotopic (exact) mass is 367 g/mol. The predicted octanol–water partition coefficient (Wildman–Crippen LogP) is 3.54. The molecule has 0 aliphatic carbocycles. The van der Waals surface area contributed by atoms with Crippen molar-refractivity contribution in [3.8, 4) is 40.3 Å². The summed E-state index contributed by atoms with van der Waals surface area (Å²) in [5.41, 5.74) is 3.62. The van der Waals surface area contributed by atoms with Gasteiger partial charge in [-0.25, -0.2) is 4.39 Å². The maximum Gasteiger partial charge on any atom is 0.417 e. The normalized spacial score (nSPS) is 16.2. The highest BCUT2D eigenvalue weighted by Gasteiger charge is 2.36. The van der Waals surface area contributed by atoms with Gasteiger partial charge >= 0.3 is 6.18 Å². The van der Waals surface area contributed by atoms with Gasteiger partial charge in [-0.15, -0.1) is 0 Å². The van der Waals surface area contributed by atoms with Crippen molar-refractivity contribution in [1.82, 2.24) is 0 Å². The third-order valence-corrected chi connectivity index (χ3v) is 4.02. The van der Waals surface area contributed by atoms with Crippen LogP contribution in [0.2, 0.25) is 0 Å². The number of aryl methyl sites for hydroxylation is 1. The Morgan fingerprint density at radius 3 is 2.42 bits per heavy atom. The first-order chi connectivity index (χ1) is 12.2. The molecule has 1 atom stereocenters. The highest BCUT2D eigenvalue weighted by molar-refractivity contribution is 5.78. The van der Waals surface area contributed by atoms with E-state index in [-0.39, 0.29) is 11.3 Å². The number of phenols is 2. The van der Waals surface area contributed by atoms with E-state index < -0.39 is 40.7 Å². The number of fused-ring (bicyclic) bond motifs is 1. The summed E-state index contributed by atoms with van der Waals surface area (Å²) in [4.78, 5) is 0. The zero-order valence-electron chi connectivity index (χ0n) is 13.2. The largest absolute Gasteiger partial charge is 0.504 e. The molecule has 2 aromatic carbocycles. The topological polar surface area (TPSA) is 75.7 Å². The molecule has 1 aliphatic heterocycles. The van der Waals surface area contributed by atoms with Crippen molar-refractivity contribution in [3.63, 3.8) is 0 Å². The minimum Gasteiger partial charge on any atom is -0.504 e. The van der Waals surface area contributed by atoms with E-state index in [1.54, 1.807) is 0 Å². The number of benzene rings is 2. The van der Waals surface area contributed by atoms with Crippen molar-refractivity contribution in [1.29, 1.82) is 0 Å². The average molecular weight is 367 g/mol. The fourth-order valence-electron chi connectivity index (χ4n) is 2.89. The van der Waals surface area contributed by atoms with E-state index in [0.29, 0.717) is 24.5 Å². The molecule has 0 radical (unpaired) electrons. The summed E-state index contributed by atoms with van der Waals surface area (Å²) in [6.07, 6.45) is -4.74. The molecular weight excluding hydrogens is 354 g/mol. The minimum atomic E-state index is -4.84. The van der Waals surface area contributed by atoms with Crippen molar-refractivity contribution >= 4 is 0 Å². The fourth-order valence-corrected chi connectivity index (χ4v) is 2.89.